The summed E-state index contributed by atoms with van der Waals surface area (Å²) < 4.78 is 0. The fourth-order valence-electron chi connectivity index (χ4n) is 1.89. The van der Waals surface area contributed by atoms with Gasteiger partial charge in [0.05, 0.1) is 10.3 Å². The standard InChI is InChI=1S/C13H11N5O2/c14-17-16-7-2-1-3-10-4-5-13(18(19)20)12-9-15-8-6-11(10)12/h1,3-6,8-9H,2,7H2. The molecule has 0 spiro atoms. The Balaban J connectivity index is 2.38. The molecule has 7 nitrogen and oxygen atoms in total. The van der Waals surface area contributed by atoms with Gasteiger partial charge in [-0.25, -0.2) is 0 Å². The molecule has 1 aromatic heterocycles. The van der Waals surface area contributed by atoms with Crippen LogP contribution in [-0.4, -0.2) is 16.5 Å². The molecule has 0 saturated carbocycles. The van der Waals surface area contributed by atoms with Gasteiger partial charge in [-0.05, 0) is 35.0 Å². The van der Waals surface area contributed by atoms with Crippen molar-refractivity contribution in [2.45, 2.75) is 6.42 Å². The van der Waals surface area contributed by atoms with Crippen LogP contribution in [0.2, 0.25) is 0 Å². The van der Waals surface area contributed by atoms with Gasteiger partial charge in [0.25, 0.3) is 5.69 Å². The van der Waals surface area contributed by atoms with Crippen molar-refractivity contribution in [2.75, 3.05) is 6.54 Å². The predicted octanol–water partition coefficient (Wildman–Crippen LogP) is 3.86. The third-order valence-electron chi connectivity index (χ3n) is 2.78. The molecule has 0 saturated heterocycles. The molecule has 0 atom stereocenters. The Morgan fingerprint density at radius 3 is 3.00 bits per heavy atom. The van der Waals surface area contributed by atoms with Crippen LogP contribution >= 0.6 is 0 Å². The fraction of sp³-hybridized carbons (Fsp3) is 0.154. The second kappa shape index (κ2) is 6.31. The van der Waals surface area contributed by atoms with E-state index in [4.69, 9.17) is 5.53 Å². The molecule has 20 heavy (non-hydrogen) atoms. The van der Waals surface area contributed by atoms with Gasteiger partial charge in [0, 0.05) is 29.9 Å². The van der Waals surface area contributed by atoms with E-state index in [0.29, 0.717) is 18.4 Å². The molecule has 2 rings (SSSR count). The minimum Gasteiger partial charge on any atom is -0.264 e. The van der Waals surface area contributed by atoms with Crippen molar-refractivity contribution in [2.24, 2.45) is 5.11 Å². The minimum atomic E-state index is -0.418. The molecule has 1 heterocycles. The lowest BCUT2D eigenvalue weighted by Crippen LogP contribution is -1.91. The van der Waals surface area contributed by atoms with Crippen LogP contribution < -0.4 is 0 Å². The molecule has 0 N–H and O–H groups in total. The average molecular weight is 269 g/mol. The Morgan fingerprint density at radius 1 is 1.40 bits per heavy atom. The largest absolute Gasteiger partial charge is 0.278 e. The summed E-state index contributed by atoms with van der Waals surface area (Å²) in [7, 11) is 0. The highest BCUT2D eigenvalue weighted by molar-refractivity contribution is 5.96. The van der Waals surface area contributed by atoms with E-state index in [1.54, 1.807) is 18.3 Å². The van der Waals surface area contributed by atoms with Crippen molar-refractivity contribution in [1.29, 1.82) is 0 Å². The maximum Gasteiger partial charge on any atom is 0.278 e. The summed E-state index contributed by atoms with van der Waals surface area (Å²) in [5, 5.41) is 15.7. The van der Waals surface area contributed by atoms with E-state index >= 15 is 0 Å². The highest BCUT2D eigenvalue weighted by atomic mass is 16.6. The Labute approximate surface area is 114 Å². The van der Waals surface area contributed by atoms with Crippen LogP contribution in [0, 0.1) is 10.1 Å². The normalized spacial score (nSPS) is 10.6. The quantitative estimate of drug-likeness (QED) is 0.205. The van der Waals surface area contributed by atoms with Crippen LogP contribution in [0.1, 0.15) is 12.0 Å². The number of benzene rings is 1. The Bertz CT molecular complexity index is 720. The summed E-state index contributed by atoms with van der Waals surface area (Å²) in [6, 6.07) is 4.91. The third kappa shape index (κ3) is 2.90. The molecule has 0 aliphatic heterocycles. The van der Waals surface area contributed by atoms with Crippen LogP contribution in [0.4, 0.5) is 5.69 Å². The van der Waals surface area contributed by atoms with E-state index in [2.05, 4.69) is 15.0 Å². The second-order valence-corrected chi connectivity index (χ2v) is 4.00. The lowest BCUT2D eigenvalue weighted by atomic mass is 10.0. The number of aromatic nitrogens is 1. The first-order valence-corrected chi connectivity index (χ1v) is 5.92. The number of azide groups is 1. The van der Waals surface area contributed by atoms with Crippen LogP contribution in [-0.2, 0) is 0 Å². The van der Waals surface area contributed by atoms with E-state index < -0.39 is 4.92 Å². The molecular weight excluding hydrogens is 258 g/mol. The number of hydrogen-bond acceptors (Lipinski definition) is 4. The Morgan fingerprint density at radius 2 is 2.25 bits per heavy atom. The molecule has 0 amide bonds. The summed E-state index contributed by atoms with van der Waals surface area (Å²) in [5.41, 5.74) is 9.08. The topological polar surface area (TPSA) is 105 Å². The zero-order chi connectivity index (χ0) is 14.4. The molecule has 0 radical (unpaired) electrons. The number of nitrogens with zero attached hydrogens (tertiary/aromatic N) is 5. The molecule has 1 aromatic carbocycles. The SMILES string of the molecule is [N-]=[N+]=NCCC=Cc1ccc([N+](=O)[O-])c2cnccc12. The van der Waals surface area contributed by atoms with Crippen molar-refractivity contribution in [3.63, 3.8) is 0 Å². The van der Waals surface area contributed by atoms with Crippen LogP contribution in [0.5, 0.6) is 0 Å². The maximum atomic E-state index is 11.0. The molecule has 0 bridgehead atoms. The van der Waals surface area contributed by atoms with Crippen LogP contribution in [0.3, 0.4) is 0 Å². The van der Waals surface area contributed by atoms with Crippen molar-refractivity contribution in [3.05, 3.63) is 62.8 Å². The van der Waals surface area contributed by atoms with Crippen LogP contribution in [0.15, 0.2) is 41.8 Å². The van der Waals surface area contributed by atoms with Gasteiger partial charge in [0.1, 0.15) is 0 Å². The number of nitro groups is 1. The smallest absolute Gasteiger partial charge is 0.264 e. The van der Waals surface area contributed by atoms with E-state index in [9.17, 15) is 10.1 Å². The zero-order valence-corrected chi connectivity index (χ0v) is 10.5. The van der Waals surface area contributed by atoms with Gasteiger partial charge in [-0.15, -0.1) is 0 Å². The first-order valence-electron chi connectivity index (χ1n) is 5.92. The summed E-state index contributed by atoms with van der Waals surface area (Å²) in [4.78, 5) is 17.2. The number of pyridine rings is 1. The van der Waals surface area contributed by atoms with E-state index in [-0.39, 0.29) is 5.69 Å². The number of nitro benzene ring substituents is 1. The lowest BCUT2D eigenvalue weighted by Gasteiger charge is -2.02. The summed E-state index contributed by atoms with van der Waals surface area (Å²) in [6.07, 6.45) is 7.44. The van der Waals surface area contributed by atoms with E-state index in [0.717, 1.165) is 10.9 Å². The Kier molecular flexibility index (Phi) is 4.26. The third-order valence-corrected chi connectivity index (χ3v) is 2.78. The second-order valence-electron chi connectivity index (χ2n) is 4.00. The van der Waals surface area contributed by atoms with E-state index in [1.807, 2.05) is 12.2 Å². The first kappa shape index (κ1) is 13.5. The summed E-state index contributed by atoms with van der Waals surface area (Å²) >= 11 is 0. The van der Waals surface area contributed by atoms with Crippen LogP contribution in [0.25, 0.3) is 27.3 Å². The lowest BCUT2D eigenvalue weighted by molar-refractivity contribution is -0.383. The van der Waals surface area contributed by atoms with Crippen molar-refractivity contribution < 1.29 is 4.92 Å². The van der Waals surface area contributed by atoms with Crippen molar-refractivity contribution >= 4 is 22.5 Å². The number of hydrogen-bond donors (Lipinski definition) is 0. The number of rotatable bonds is 5. The summed E-state index contributed by atoms with van der Waals surface area (Å²) in [6.45, 7) is 0.388. The zero-order valence-electron chi connectivity index (χ0n) is 10.5. The van der Waals surface area contributed by atoms with Crippen molar-refractivity contribution in [1.82, 2.24) is 4.98 Å². The van der Waals surface area contributed by atoms with Gasteiger partial charge in [0.15, 0.2) is 0 Å². The van der Waals surface area contributed by atoms with Crippen molar-refractivity contribution in [3.8, 4) is 0 Å². The van der Waals surface area contributed by atoms with E-state index in [1.165, 1.54) is 12.3 Å². The predicted molar refractivity (Wildman–Crippen MR) is 76.1 cm³/mol. The summed E-state index contributed by atoms with van der Waals surface area (Å²) in [5.74, 6) is 0. The van der Waals surface area contributed by atoms with Gasteiger partial charge in [-0.3, -0.25) is 15.1 Å². The molecule has 2 aromatic rings. The number of non-ortho nitro benzene ring substituents is 1. The minimum absolute atomic E-state index is 0.0410. The molecule has 0 unspecified atom stereocenters. The van der Waals surface area contributed by atoms with Gasteiger partial charge in [-0.1, -0.05) is 17.3 Å². The monoisotopic (exact) mass is 269 g/mol. The molecule has 100 valence electrons. The average Bonchev–Trinajstić information content (AvgIpc) is 2.46. The first-order chi connectivity index (χ1) is 9.74. The number of fused-ring (bicyclic) bond motifs is 1. The molecule has 7 heteroatoms. The highest BCUT2D eigenvalue weighted by Crippen LogP contribution is 2.28. The fourth-order valence-corrected chi connectivity index (χ4v) is 1.89. The Hall–Kier alpha value is -2.92. The molecule has 0 aliphatic carbocycles. The highest BCUT2D eigenvalue weighted by Gasteiger charge is 2.12. The molecule has 0 fully saturated rings. The van der Waals surface area contributed by atoms with Gasteiger partial charge < -0.3 is 0 Å². The maximum absolute atomic E-state index is 11.0. The van der Waals surface area contributed by atoms with Gasteiger partial charge >= 0.3 is 0 Å². The van der Waals surface area contributed by atoms with Gasteiger partial charge in [0.2, 0.25) is 0 Å². The molecule has 0 aliphatic rings. The molecular formula is C13H11N5O2. The van der Waals surface area contributed by atoms with Gasteiger partial charge in [-0.2, -0.15) is 0 Å².